The number of hydrogen-bond acceptors (Lipinski definition) is 2. The van der Waals surface area contributed by atoms with E-state index in [0.29, 0.717) is 0 Å². The molecule has 3 heteroatoms. The summed E-state index contributed by atoms with van der Waals surface area (Å²) in [6.07, 6.45) is 1.95. The number of benzene rings is 1. The van der Waals surface area contributed by atoms with Gasteiger partial charge in [0.05, 0.1) is 5.69 Å². The normalized spacial score (nSPS) is 10.4. The lowest BCUT2D eigenvalue weighted by Crippen LogP contribution is -1.86. The third-order valence-corrected chi connectivity index (χ3v) is 2.17. The van der Waals surface area contributed by atoms with Crippen molar-refractivity contribution in [2.75, 3.05) is 0 Å². The summed E-state index contributed by atoms with van der Waals surface area (Å²) in [5, 5.41) is 13.6. The largest absolute Gasteiger partial charge is 0.508 e. The molecule has 0 spiro atoms. The maximum absolute atomic E-state index is 9.34. The zero-order chi connectivity index (χ0) is 10.1. The Balaban J connectivity index is 2.54. The number of aromatic hydroxyl groups is 1. The lowest BCUT2D eigenvalue weighted by atomic mass is 10.1. The van der Waals surface area contributed by atoms with Gasteiger partial charge in [-0.1, -0.05) is 12.1 Å². The molecule has 0 aliphatic carbocycles. The minimum absolute atomic E-state index is 0.283. The molecule has 0 aliphatic rings. The summed E-state index contributed by atoms with van der Waals surface area (Å²) in [6.45, 7) is 1.96. The van der Waals surface area contributed by atoms with E-state index in [1.54, 1.807) is 16.8 Å². The Morgan fingerprint density at radius 1 is 1.36 bits per heavy atom. The van der Waals surface area contributed by atoms with E-state index in [1.807, 2.05) is 32.3 Å². The second-order valence-electron chi connectivity index (χ2n) is 3.35. The fourth-order valence-electron chi connectivity index (χ4n) is 1.56. The van der Waals surface area contributed by atoms with Gasteiger partial charge < -0.3 is 5.11 Å². The third-order valence-electron chi connectivity index (χ3n) is 2.17. The topological polar surface area (TPSA) is 38.0 Å². The number of aryl methyl sites for hydroxylation is 2. The molecule has 1 aromatic heterocycles. The Kier molecular flexibility index (Phi) is 2.00. The third kappa shape index (κ3) is 1.48. The molecular formula is C11H12N2O. The van der Waals surface area contributed by atoms with Gasteiger partial charge in [0, 0.05) is 18.8 Å². The van der Waals surface area contributed by atoms with Crippen LogP contribution in [0.1, 0.15) is 5.69 Å². The van der Waals surface area contributed by atoms with E-state index < -0.39 is 0 Å². The minimum atomic E-state index is 0.283. The van der Waals surface area contributed by atoms with Crippen LogP contribution in [0.5, 0.6) is 5.75 Å². The van der Waals surface area contributed by atoms with Crippen LogP contribution in [0.15, 0.2) is 30.5 Å². The van der Waals surface area contributed by atoms with Gasteiger partial charge in [-0.05, 0) is 24.6 Å². The molecule has 1 N–H and O–H groups in total. The van der Waals surface area contributed by atoms with Crippen molar-refractivity contribution in [3.63, 3.8) is 0 Å². The number of phenolic OH excluding ortho intramolecular Hbond substituents is 1. The lowest BCUT2D eigenvalue weighted by Gasteiger charge is -1.98. The molecule has 0 unspecified atom stereocenters. The molecule has 1 heterocycles. The van der Waals surface area contributed by atoms with Crippen LogP contribution in [-0.2, 0) is 7.05 Å². The van der Waals surface area contributed by atoms with Gasteiger partial charge in [0.15, 0.2) is 0 Å². The van der Waals surface area contributed by atoms with Gasteiger partial charge in [0.25, 0.3) is 0 Å². The van der Waals surface area contributed by atoms with Crippen molar-refractivity contribution in [1.29, 1.82) is 0 Å². The average molecular weight is 188 g/mol. The summed E-state index contributed by atoms with van der Waals surface area (Å²) in [6, 6.07) is 7.19. The van der Waals surface area contributed by atoms with Crippen LogP contribution in [-0.4, -0.2) is 14.9 Å². The molecule has 0 amide bonds. The predicted molar refractivity (Wildman–Crippen MR) is 55.0 cm³/mol. The van der Waals surface area contributed by atoms with Crippen LogP contribution >= 0.6 is 0 Å². The van der Waals surface area contributed by atoms with Crippen LogP contribution in [0.4, 0.5) is 0 Å². The summed E-state index contributed by atoms with van der Waals surface area (Å²) in [7, 11) is 1.89. The highest BCUT2D eigenvalue weighted by Gasteiger charge is 2.05. The van der Waals surface area contributed by atoms with E-state index in [9.17, 15) is 5.11 Å². The van der Waals surface area contributed by atoms with Crippen molar-refractivity contribution in [2.45, 2.75) is 6.92 Å². The molecule has 14 heavy (non-hydrogen) atoms. The van der Waals surface area contributed by atoms with E-state index in [2.05, 4.69) is 5.10 Å². The minimum Gasteiger partial charge on any atom is -0.508 e. The number of phenols is 1. The average Bonchev–Trinajstić information content (AvgIpc) is 2.45. The number of rotatable bonds is 1. The highest BCUT2D eigenvalue weighted by Crippen LogP contribution is 2.24. The molecular weight excluding hydrogens is 176 g/mol. The van der Waals surface area contributed by atoms with Crippen molar-refractivity contribution < 1.29 is 5.11 Å². The van der Waals surface area contributed by atoms with Gasteiger partial charge in [-0.2, -0.15) is 5.10 Å². The number of aromatic nitrogens is 2. The monoisotopic (exact) mass is 188 g/mol. The molecule has 1 aromatic carbocycles. The summed E-state index contributed by atoms with van der Waals surface area (Å²) < 4.78 is 1.77. The molecule has 2 rings (SSSR count). The Hall–Kier alpha value is -1.77. The van der Waals surface area contributed by atoms with Gasteiger partial charge in [0.1, 0.15) is 5.75 Å². The molecule has 72 valence electrons. The molecule has 0 saturated carbocycles. The Bertz CT molecular complexity index is 460. The first-order valence-corrected chi connectivity index (χ1v) is 4.46. The maximum atomic E-state index is 9.34. The maximum Gasteiger partial charge on any atom is 0.116 e. The first-order chi connectivity index (χ1) is 6.66. The highest BCUT2D eigenvalue weighted by molar-refractivity contribution is 5.66. The fraction of sp³-hybridized carbons (Fsp3) is 0.182. The molecule has 2 aromatic rings. The fourth-order valence-corrected chi connectivity index (χ4v) is 1.56. The first-order valence-electron chi connectivity index (χ1n) is 4.46. The van der Waals surface area contributed by atoms with Gasteiger partial charge in [-0.25, -0.2) is 0 Å². The molecule has 0 fully saturated rings. The Morgan fingerprint density at radius 2 is 2.14 bits per heavy atom. The predicted octanol–water partition coefficient (Wildman–Crippen LogP) is 2.10. The van der Waals surface area contributed by atoms with Crippen molar-refractivity contribution >= 4 is 0 Å². The van der Waals surface area contributed by atoms with E-state index in [1.165, 1.54) is 0 Å². The standard InChI is InChI=1S/C11H12N2O/c1-8-11(7-13(2)12-8)9-4-3-5-10(14)6-9/h3-7,14H,1-2H3. The van der Waals surface area contributed by atoms with E-state index in [0.717, 1.165) is 16.8 Å². The summed E-state index contributed by atoms with van der Waals surface area (Å²) in [5.74, 6) is 0.283. The zero-order valence-corrected chi connectivity index (χ0v) is 8.23. The second kappa shape index (κ2) is 3.18. The second-order valence-corrected chi connectivity index (χ2v) is 3.35. The lowest BCUT2D eigenvalue weighted by molar-refractivity contribution is 0.475. The first kappa shape index (κ1) is 8.81. The molecule has 0 radical (unpaired) electrons. The van der Waals surface area contributed by atoms with Crippen molar-refractivity contribution in [1.82, 2.24) is 9.78 Å². The summed E-state index contributed by atoms with van der Waals surface area (Å²) >= 11 is 0. The molecule has 3 nitrogen and oxygen atoms in total. The van der Waals surface area contributed by atoms with Crippen LogP contribution < -0.4 is 0 Å². The van der Waals surface area contributed by atoms with Crippen molar-refractivity contribution in [2.24, 2.45) is 7.05 Å². The molecule has 0 saturated heterocycles. The Labute approximate surface area is 82.6 Å². The van der Waals surface area contributed by atoms with Gasteiger partial charge in [-0.3, -0.25) is 4.68 Å². The summed E-state index contributed by atoms with van der Waals surface area (Å²) in [5.41, 5.74) is 3.03. The van der Waals surface area contributed by atoms with Gasteiger partial charge in [-0.15, -0.1) is 0 Å². The van der Waals surface area contributed by atoms with E-state index >= 15 is 0 Å². The molecule has 0 atom stereocenters. The van der Waals surface area contributed by atoms with Gasteiger partial charge >= 0.3 is 0 Å². The van der Waals surface area contributed by atoms with Crippen LogP contribution in [0.25, 0.3) is 11.1 Å². The number of nitrogens with zero attached hydrogens (tertiary/aromatic N) is 2. The number of hydrogen-bond donors (Lipinski definition) is 1. The molecule has 0 aliphatic heterocycles. The zero-order valence-electron chi connectivity index (χ0n) is 8.23. The van der Waals surface area contributed by atoms with Crippen molar-refractivity contribution in [3.05, 3.63) is 36.2 Å². The summed E-state index contributed by atoms with van der Waals surface area (Å²) in [4.78, 5) is 0. The SMILES string of the molecule is Cc1nn(C)cc1-c1cccc(O)c1. The van der Waals surface area contributed by atoms with Crippen LogP contribution in [0, 0.1) is 6.92 Å². The highest BCUT2D eigenvalue weighted by atomic mass is 16.3. The van der Waals surface area contributed by atoms with Crippen molar-refractivity contribution in [3.8, 4) is 16.9 Å². The van der Waals surface area contributed by atoms with Crippen LogP contribution in [0.3, 0.4) is 0 Å². The van der Waals surface area contributed by atoms with Crippen LogP contribution in [0.2, 0.25) is 0 Å². The van der Waals surface area contributed by atoms with E-state index in [4.69, 9.17) is 0 Å². The Morgan fingerprint density at radius 3 is 2.71 bits per heavy atom. The molecule has 0 bridgehead atoms. The smallest absolute Gasteiger partial charge is 0.116 e. The quantitative estimate of drug-likeness (QED) is 0.744. The van der Waals surface area contributed by atoms with E-state index in [-0.39, 0.29) is 5.75 Å². The van der Waals surface area contributed by atoms with Gasteiger partial charge in [0.2, 0.25) is 0 Å².